The van der Waals surface area contributed by atoms with Crippen LogP contribution in [0, 0.1) is 12.8 Å². The molecular weight excluding hydrogens is 254 g/mol. The molecule has 0 aromatic carbocycles. The summed E-state index contributed by atoms with van der Waals surface area (Å²) in [5.74, 6) is 0.683. The lowest BCUT2D eigenvalue weighted by Gasteiger charge is -2.09. The molecule has 1 heterocycles. The van der Waals surface area contributed by atoms with Crippen molar-refractivity contribution in [1.29, 1.82) is 0 Å². The van der Waals surface area contributed by atoms with Crippen LogP contribution in [-0.2, 0) is 13.1 Å². The zero-order chi connectivity index (χ0) is 11.4. The molecule has 0 aliphatic carbocycles. The second-order valence-corrected chi connectivity index (χ2v) is 4.98. The summed E-state index contributed by atoms with van der Waals surface area (Å²) in [7, 11) is 0. The molecule has 15 heavy (non-hydrogen) atoms. The van der Waals surface area contributed by atoms with Crippen LogP contribution in [0.1, 0.15) is 32.2 Å². The highest BCUT2D eigenvalue weighted by Crippen LogP contribution is 2.20. The normalized spacial score (nSPS) is 11.3. The summed E-state index contributed by atoms with van der Waals surface area (Å²) in [4.78, 5) is 0. The molecule has 0 amide bonds. The molecule has 0 atom stereocenters. The molecule has 0 radical (unpaired) electrons. The van der Waals surface area contributed by atoms with Crippen molar-refractivity contribution in [2.45, 2.75) is 40.8 Å². The fourth-order valence-corrected chi connectivity index (χ4v) is 1.94. The molecule has 0 aliphatic rings. The van der Waals surface area contributed by atoms with Crippen LogP contribution in [0.25, 0.3) is 0 Å². The van der Waals surface area contributed by atoms with Gasteiger partial charge in [-0.15, -0.1) is 0 Å². The van der Waals surface area contributed by atoms with Crippen LogP contribution in [0.2, 0.25) is 0 Å². The maximum absolute atomic E-state index is 4.46. The Hall–Kier alpha value is -0.350. The Balaban J connectivity index is 2.66. The van der Waals surface area contributed by atoms with Gasteiger partial charge >= 0.3 is 0 Å². The summed E-state index contributed by atoms with van der Waals surface area (Å²) in [6.07, 6.45) is 0. The zero-order valence-electron chi connectivity index (χ0n) is 9.97. The third-order valence-corrected chi connectivity index (χ3v) is 3.33. The molecule has 3 nitrogen and oxygen atoms in total. The Morgan fingerprint density at radius 2 is 2.13 bits per heavy atom. The lowest BCUT2D eigenvalue weighted by molar-refractivity contribution is 0.524. The summed E-state index contributed by atoms with van der Waals surface area (Å²) in [5.41, 5.74) is 2.31. The van der Waals surface area contributed by atoms with E-state index in [1.807, 2.05) is 11.6 Å². The second-order valence-electron chi connectivity index (χ2n) is 4.19. The first kappa shape index (κ1) is 12.7. The van der Waals surface area contributed by atoms with Gasteiger partial charge in [-0.2, -0.15) is 5.10 Å². The van der Waals surface area contributed by atoms with Crippen LogP contribution in [0.4, 0.5) is 0 Å². The van der Waals surface area contributed by atoms with Crippen LogP contribution in [0.5, 0.6) is 0 Å². The van der Waals surface area contributed by atoms with Crippen LogP contribution in [0.15, 0.2) is 4.47 Å². The largest absolute Gasteiger partial charge is 0.311 e. The number of aromatic nitrogens is 2. The third kappa shape index (κ3) is 3.31. The SMILES string of the molecule is CCn1nc(C)c(Br)c1CNCC(C)C. The van der Waals surface area contributed by atoms with Gasteiger partial charge in [0, 0.05) is 13.1 Å². The Bertz CT molecular complexity index is 318. The van der Waals surface area contributed by atoms with E-state index in [2.05, 4.69) is 47.1 Å². The number of hydrogen-bond donors (Lipinski definition) is 1. The highest BCUT2D eigenvalue weighted by atomic mass is 79.9. The quantitative estimate of drug-likeness (QED) is 0.894. The first-order chi connectivity index (χ1) is 7.06. The zero-order valence-corrected chi connectivity index (χ0v) is 11.6. The van der Waals surface area contributed by atoms with Gasteiger partial charge < -0.3 is 5.32 Å². The molecule has 0 unspecified atom stereocenters. The first-order valence-corrected chi connectivity index (χ1v) is 6.28. The molecule has 0 spiro atoms. The predicted molar refractivity (Wildman–Crippen MR) is 66.9 cm³/mol. The van der Waals surface area contributed by atoms with Gasteiger partial charge in [0.1, 0.15) is 0 Å². The Morgan fingerprint density at radius 3 is 2.67 bits per heavy atom. The number of aryl methyl sites for hydroxylation is 2. The molecule has 1 aromatic rings. The summed E-state index contributed by atoms with van der Waals surface area (Å²) in [6, 6.07) is 0. The van der Waals surface area contributed by atoms with Gasteiger partial charge in [0.15, 0.2) is 0 Å². The molecule has 86 valence electrons. The fraction of sp³-hybridized carbons (Fsp3) is 0.727. The van der Waals surface area contributed by atoms with Crippen molar-refractivity contribution in [3.63, 3.8) is 0 Å². The van der Waals surface area contributed by atoms with E-state index in [9.17, 15) is 0 Å². The summed E-state index contributed by atoms with van der Waals surface area (Å²) in [6.45, 7) is 11.4. The van der Waals surface area contributed by atoms with E-state index >= 15 is 0 Å². The smallest absolute Gasteiger partial charge is 0.0739 e. The van der Waals surface area contributed by atoms with Gasteiger partial charge in [0.05, 0.1) is 15.9 Å². The summed E-state index contributed by atoms with van der Waals surface area (Å²) >= 11 is 3.59. The number of halogens is 1. The molecule has 1 rings (SSSR count). The van der Waals surface area contributed by atoms with E-state index in [1.54, 1.807) is 0 Å². The van der Waals surface area contributed by atoms with Crippen molar-refractivity contribution in [2.75, 3.05) is 6.54 Å². The average Bonchev–Trinajstić information content (AvgIpc) is 2.44. The number of hydrogen-bond acceptors (Lipinski definition) is 2. The maximum atomic E-state index is 4.46. The number of nitrogens with one attached hydrogen (secondary N) is 1. The van der Waals surface area contributed by atoms with Gasteiger partial charge in [-0.05, 0) is 42.2 Å². The van der Waals surface area contributed by atoms with Crippen molar-refractivity contribution in [2.24, 2.45) is 5.92 Å². The van der Waals surface area contributed by atoms with Crippen LogP contribution in [-0.4, -0.2) is 16.3 Å². The van der Waals surface area contributed by atoms with Crippen molar-refractivity contribution in [1.82, 2.24) is 15.1 Å². The highest BCUT2D eigenvalue weighted by molar-refractivity contribution is 9.10. The lowest BCUT2D eigenvalue weighted by atomic mass is 10.2. The molecular formula is C11H20BrN3. The summed E-state index contributed by atoms with van der Waals surface area (Å²) in [5, 5.41) is 7.90. The minimum Gasteiger partial charge on any atom is -0.311 e. The van der Waals surface area contributed by atoms with Gasteiger partial charge in [-0.3, -0.25) is 4.68 Å². The molecule has 1 aromatic heterocycles. The Morgan fingerprint density at radius 1 is 1.47 bits per heavy atom. The minimum atomic E-state index is 0.683. The molecule has 4 heteroatoms. The van der Waals surface area contributed by atoms with E-state index in [1.165, 1.54) is 5.69 Å². The van der Waals surface area contributed by atoms with Crippen LogP contribution >= 0.6 is 15.9 Å². The van der Waals surface area contributed by atoms with Crippen LogP contribution < -0.4 is 5.32 Å². The van der Waals surface area contributed by atoms with E-state index in [4.69, 9.17) is 0 Å². The topological polar surface area (TPSA) is 29.9 Å². The molecule has 0 saturated heterocycles. The van der Waals surface area contributed by atoms with Crippen molar-refractivity contribution >= 4 is 15.9 Å². The molecule has 0 aliphatic heterocycles. The number of nitrogens with zero attached hydrogens (tertiary/aromatic N) is 2. The Labute approximate surface area is 100 Å². The molecule has 0 bridgehead atoms. The van der Waals surface area contributed by atoms with Gasteiger partial charge in [-0.1, -0.05) is 13.8 Å². The number of rotatable bonds is 5. The molecule has 1 N–H and O–H groups in total. The molecule has 0 saturated carbocycles. The standard InChI is InChI=1S/C11H20BrN3/c1-5-15-10(7-13-6-8(2)3)11(12)9(4)14-15/h8,13H,5-7H2,1-4H3. The van der Waals surface area contributed by atoms with Crippen LogP contribution in [0.3, 0.4) is 0 Å². The second kappa shape index (κ2) is 5.66. The summed E-state index contributed by atoms with van der Waals surface area (Å²) < 4.78 is 3.19. The van der Waals surface area contributed by atoms with E-state index in [0.29, 0.717) is 5.92 Å². The van der Waals surface area contributed by atoms with Gasteiger partial charge in [-0.25, -0.2) is 0 Å². The maximum Gasteiger partial charge on any atom is 0.0739 e. The first-order valence-electron chi connectivity index (χ1n) is 5.48. The van der Waals surface area contributed by atoms with Crippen molar-refractivity contribution in [3.05, 3.63) is 15.9 Å². The predicted octanol–water partition coefficient (Wildman–Crippen LogP) is 2.72. The highest BCUT2D eigenvalue weighted by Gasteiger charge is 2.11. The van der Waals surface area contributed by atoms with E-state index < -0.39 is 0 Å². The van der Waals surface area contributed by atoms with E-state index in [-0.39, 0.29) is 0 Å². The third-order valence-electron chi connectivity index (χ3n) is 2.30. The van der Waals surface area contributed by atoms with Crippen molar-refractivity contribution in [3.8, 4) is 0 Å². The van der Waals surface area contributed by atoms with Gasteiger partial charge in [0.25, 0.3) is 0 Å². The van der Waals surface area contributed by atoms with Gasteiger partial charge in [0.2, 0.25) is 0 Å². The average molecular weight is 274 g/mol. The molecule has 0 fully saturated rings. The minimum absolute atomic E-state index is 0.683. The van der Waals surface area contributed by atoms with Crippen molar-refractivity contribution < 1.29 is 0 Å². The van der Waals surface area contributed by atoms with E-state index in [0.717, 1.165) is 29.8 Å². The lowest BCUT2D eigenvalue weighted by Crippen LogP contribution is -2.21. The monoisotopic (exact) mass is 273 g/mol. The fourth-order valence-electron chi connectivity index (χ4n) is 1.52. The Kier molecular flexibility index (Phi) is 4.80.